The Morgan fingerprint density at radius 2 is 1.93 bits per heavy atom. The molecule has 0 bridgehead atoms. The number of benzene rings is 3. The van der Waals surface area contributed by atoms with Crippen LogP contribution < -0.4 is 14.8 Å². The first-order valence-corrected chi connectivity index (χ1v) is 14.2. The van der Waals surface area contributed by atoms with Crippen molar-refractivity contribution in [3.8, 4) is 28.7 Å². The maximum atomic E-state index is 11.6. The number of nitrogens with one attached hydrogen (secondary N) is 1. The Bertz CT molecular complexity index is 1630. The summed E-state index contributed by atoms with van der Waals surface area (Å²) in [7, 11) is 0. The standard InChI is InChI=1S/C34H32ClN3O4/c1-34(2,33(39)40)21-38-19-25-14-29(35)32(15-31(25)41-20-23-13-22(16-36)17-37-18-23)42-30-12-11-27-26(9-6-10-28(27)30)24-7-4-3-5-8-24/h3-10,13-15,17-18,30,38H,11-12,19-21H2,1-2H3,(H,39,40)/t30-/m0/s1. The molecule has 1 heterocycles. The average molecular weight is 582 g/mol. The van der Waals surface area contributed by atoms with Gasteiger partial charge in [-0.1, -0.05) is 60.1 Å². The van der Waals surface area contributed by atoms with Crippen LogP contribution in [0.2, 0.25) is 5.02 Å². The zero-order chi connectivity index (χ0) is 29.7. The zero-order valence-corrected chi connectivity index (χ0v) is 24.3. The predicted octanol–water partition coefficient (Wildman–Crippen LogP) is 7.12. The van der Waals surface area contributed by atoms with E-state index >= 15 is 0 Å². The van der Waals surface area contributed by atoms with Crippen LogP contribution in [-0.4, -0.2) is 22.6 Å². The molecule has 0 unspecified atom stereocenters. The summed E-state index contributed by atoms with van der Waals surface area (Å²) in [4.78, 5) is 15.7. The highest BCUT2D eigenvalue weighted by molar-refractivity contribution is 6.32. The number of carboxylic acids is 1. The summed E-state index contributed by atoms with van der Waals surface area (Å²) in [5, 5.41) is 22.4. The van der Waals surface area contributed by atoms with Gasteiger partial charge in [-0.3, -0.25) is 9.78 Å². The van der Waals surface area contributed by atoms with E-state index in [1.807, 2.05) is 18.2 Å². The molecule has 1 aromatic heterocycles. The minimum atomic E-state index is -0.939. The molecule has 1 atom stereocenters. The highest BCUT2D eigenvalue weighted by atomic mass is 35.5. The van der Waals surface area contributed by atoms with Gasteiger partial charge in [0.15, 0.2) is 0 Å². The first-order valence-electron chi connectivity index (χ1n) is 13.8. The minimum Gasteiger partial charge on any atom is -0.488 e. The summed E-state index contributed by atoms with van der Waals surface area (Å²) in [6.07, 6.45) is 4.72. The van der Waals surface area contributed by atoms with Crippen molar-refractivity contribution in [1.82, 2.24) is 10.3 Å². The third kappa shape index (κ3) is 6.57. The molecule has 42 heavy (non-hydrogen) atoms. The number of hydrogen-bond acceptors (Lipinski definition) is 6. The van der Waals surface area contributed by atoms with Crippen molar-refractivity contribution >= 4 is 17.6 Å². The van der Waals surface area contributed by atoms with E-state index < -0.39 is 11.4 Å². The van der Waals surface area contributed by atoms with Gasteiger partial charge in [-0.2, -0.15) is 5.26 Å². The molecule has 0 fully saturated rings. The zero-order valence-electron chi connectivity index (χ0n) is 23.6. The van der Waals surface area contributed by atoms with Crippen LogP contribution in [0.3, 0.4) is 0 Å². The van der Waals surface area contributed by atoms with Gasteiger partial charge in [-0.25, -0.2) is 0 Å². The van der Waals surface area contributed by atoms with Gasteiger partial charge in [-0.15, -0.1) is 0 Å². The third-order valence-corrected chi connectivity index (χ3v) is 7.76. The molecule has 0 amide bonds. The van der Waals surface area contributed by atoms with Crippen LogP contribution in [0.5, 0.6) is 11.5 Å². The second kappa shape index (κ2) is 12.6. The van der Waals surface area contributed by atoms with Gasteiger partial charge in [0.05, 0.1) is 16.0 Å². The van der Waals surface area contributed by atoms with Gasteiger partial charge in [0.25, 0.3) is 0 Å². The second-order valence-electron chi connectivity index (χ2n) is 11.0. The molecule has 7 nitrogen and oxygen atoms in total. The fraction of sp³-hybridized carbons (Fsp3) is 0.265. The Hall–Kier alpha value is -4.38. The molecule has 1 aliphatic rings. The second-order valence-corrected chi connectivity index (χ2v) is 11.5. The van der Waals surface area contributed by atoms with E-state index in [1.54, 1.807) is 38.2 Å². The molecule has 2 N–H and O–H groups in total. The molecule has 0 radical (unpaired) electrons. The van der Waals surface area contributed by atoms with Crippen molar-refractivity contribution in [1.29, 1.82) is 5.26 Å². The fourth-order valence-electron chi connectivity index (χ4n) is 5.09. The fourth-order valence-corrected chi connectivity index (χ4v) is 5.32. The lowest BCUT2D eigenvalue weighted by Crippen LogP contribution is -2.35. The van der Waals surface area contributed by atoms with Crippen molar-refractivity contribution in [3.05, 3.63) is 112 Å². The highest BCUT2D eigenvalue weighted by Crippen LogP contribution is 2.43. The molecule has 3 aromatic carbocycles. The Balaban J connectivity index is 1.40. The van der Waals surface area contributed by atoms with E-state index in [4.69, 9.17) is 21.1 Å². The van der Waals surface area contributed by atoms with E-state index in [0.29, 0.717) is 28.6 Å². The normalized spacial score (nSPS) is 14.2. The Labute approximate surface area is 250 Å². The van der Waals surface area contributed by atoms with Crippen LogP contribution in [0, 0.1) is 16.7 Å². The number of hydrogen-bond donors (Lipinski definition) is 2. The van der Waals surface area contributed by atoms with Crippen LogP contribution >= 0.6 is 11.6 Å². The lowest BCUT2D eigenvalue weighted by molar-refractivity contribution is -0.146. The van der Waals surface area contributed by atoms with Crippen molar-refractivity contribution in [2.24, 2.45) is 5.41 Å². The average Bonchev–Trinajstić information content (AvgIpc) is 3.41. The Morgan fingerprint density at radius 3 is 2.69 bits per heavy atom. The molecule has 4 aromatic rings. The van der Waals surface area contributed by atoms with Gasteiger partial charge in [-0.05, 0) is 61.1 Å². The van der Waals surface area contributed by atoms with E-state index in [-0.39, 0.29) is 19.3 Å². The molecular weight excluding hydrogens is 550 g/mol. The summed E-state index contributed by atoms with van der Waals surface area (Å²) < 4.78 is 12.7. The number of nitrogens with zero attached hydrogens (tertiary/aromatic N) is 2. The minimum absolute atomic E-state index is 0.161. The summed E-state index contributed by atoms with van der Waals surface area (Å²) >= 11 is 6.76. The molecule has 0 spiro atoms. The largest absolute Gasteiger partial charge is 0.488 e. The van der Waals surface area contributed by atoms with Gasteiger partial charge in [0.1, 0.15) is 30.3 Å². The van der Waals surface area contributed by atoms with Gasteiger partial charge in [0, 0.05) is 42.7 Å². The Morgan fingerprint density at radius 1 is 1.12 bits per heavy atom. The number of rotatable bonds is 11. The number of nitriles is 1. The molecule has 214 valence electrons. The maximum absolute atomic E-state index is 11.6. The van der Waals surface area contributed by atoms with E-state index in [2.05, 4.69) is 46.7 Å². The van der Waals surface area contributed by atoms with Crippen LogP contribution in [0.25, 0.3) is 11.1 Å². The number of carboxylic acid groups (broad SMARTS) is 1. The van der Waals surface area contributed by atoms with Crippen LogP contribution in [0.1, 0.15) is 54.2 Å². The van der Waals surface area contributed by atoms with Crippen LogP contribution in [0.15, 0.2) is 79.1 Å². The third-order valence-electron chi connectivity index (χ3n) is 7.46. The summed E-state index contributed by atoms with van der Waals surface area (Å²) in [5.41, 5.74) is 5.85. The molecule has 1 aliphatic carbocycles. The van der Waals surface area contributed by atoms with Gasteiger partial charge < -0.3 is 19.9 Å². The highest BCUT2D eigenvalue weighted by Gasteiger charge is 2.28. The quantitative estimate of drug-likeness (QED) is 0.194. The SMILES string of the molecule is CC(C)(CNCc1cc(Cl)c(O[C@H]2CCc3c(-c4ccccc4)cccc32)cc1OCc1cncc(C#N)c1)C(=O)O. The number of halogens is 1. The molecule has 0 saturated carbocycles. The summed E-state index contributed by atoms with van der Waals surface area (Å²) in [6, 6.07) is 24.1. The van der Waals surface area contributed by atoms with Gasteiger partial charge >= 0.3 is 5.97 Å². The van der Waals surface area contributed by atoms with Crippen molar-refractivity contribution < 1.29 is 19.4 Å². The van der Waals surface area contributed by atoms with Crippen LogP contribution in [-0.2, 0) is 24.4 Å². The lowest BCUT2D eigenvalue weighted by atomic mass is 9.94. The van der Waals surface area contributed by atoms with E-state index in [0.717, 1.165) is 29.5 Å². The molecule has 5 rings (SSSR count). The molecule has 8 heteroatoms. The number of aliphatic carboxylic acids is 1. The number of pyridine rings is 1. The van der Waals surface area contributed by atoms with Crippen molar-refractivity contribution in [2.75, 3.05) is 6.54 Å². The predicted molar refractivity (Wildman–Crippen MR) is 161 cm³/mol. The number of aromatic nitrogens is 1. The topological polar surface area (TPSA) is 104 Å². The molecule has 0 aliphatic heterocycles. The number of carbonyl (C=O) groups is 1. The lowest BCUT2D eigenvalue weighted by Gasteiger charge is -2.22. The Kier molecular flexibility index (Phi) is 8.77. The first-order chi connectivity index (χ1) is 20.2. The van der Waals surface area contributed by atoms with Gasteiger partial charge in [0.2, 0.25) is 0 Å². The smallest absolute Gasteiger partial charge is 0.310 e. The summed E-state index contributed by atoms with van der Waals surface area (Å²) in [5.74, 6) is 0.173. The van der Waals surface area contributed by atoms with E-state index in [9.17, 15) is 15.2 Å². The van der Waals surface area contributed by atoms with Crippen molar-refractivity contribution in [3.63, 3.8) is 0 Å². The van der Waals surface area contributed by atoms with E-state index in [1.165, 1.54) is 22.9 Å². The maximum Gasteiger partial charge on any atom is 0.310 e. The van der Waals surface area contributed by atoms with Crippen molar-refractivity contribution in [2.45, 2.75) is 45.9 Å². The number of fused-ring (bicyclic) bond motifs is 1. The molecular formula is C34H32ClN3O4. The monoisotopic (exact) mass is 581 g/mol. The molecule has 0 saturated heterocycles. The van der Waals surface area contributed by atoms with Crippen LogP contribution in [0.4, 0.5) is 0 Å². The number of ether oxygens (including phenoxy) is 2. The summed E-state index contributed by atoms with van der Waals surface area (Å²) in [6.45, 7) is 4.12. The first kappa shape index (κ1) is 29.1.